The summed E-state index contributed by atoms with van der Waals surface area (Å²) in [5.41, 5.74) is 0.512. The van der Waals surface area contributed by atoms with Crippen LogP contribution in [-0.2, 0) is 0 Å². The van der Waals surface area contributed by atoms with Gasteiger partial charge in [-0.05, 0) is 30.0 Å². The molecule has 1 heterocycles. The zero-order valence-electron chi connectivity index (χ0n) is 9.98. The van der Waals surface area contributed by atoms with Gasteiger partial charge in [0.05, 0.1) is 0 Å². The number of carbonyl (C=O) groups is 1. The molecule has 2 unspecified atom stereocenters. The fourth-order valence-corrected chi connectivity index (χ4v) is 2.34. The second-order valence-corrected chi connectivity index (χ2v) is 5.31. The molecule has 1 aromatic rings. The van der Waals surface area contributed by atoms with Gasteiger partial charge in [0.2, 0.25) is 0 Å². The Kier molecular flexibility index (Phi) is 3.43. The maximum absolute atomic E-state index is 13.1. The Hall–Kier alpha value is -1.03. The molecule has 2 atom stereocenters. The zero-order valence-corrected chi connectivity index (χ0v) is 10.9. The van der Waals surface area contributed by atoms with Gasteiger partial charge >= 0.3 is 0 Å². The molecule has 0 saturated carbocycles. The van der Waals surface area contributed by atoms with Crippen molar-refractivity contribution in [3.63, 3.8) is 0 Å². The highest BCUT2D eigenvalue weighted by Gasteiger charge is 2.29. The minimum atomic E-state index is -0.395. The van der Waals surface area contributed by atoms with Crippen LogP contribution in [0.5, 0.6) is 0 Å². The summed E-state index contributed by atoms with van der Waals surface area (Å²) in [7, 11) is 0. The lowest BCUT2D eigenvalue weighted by atomic mass is 10.0. The summed E-state index contributed by atoms with van der Waals surface area (Å²) in [5.74, 6) is 0.620. The molecule has 17 heavy (non-hydrogen) atoms. The maximum Gasteiger partial charge on any atom is 0.253 e. The summed E-state index contributed by atoms with van der Waals surface area (Å²) < 4.78 is 13.1. The summed E-state index contributed by atoms with van der Waals surface area (Å²) in [6, 6.07) is 4.30. The minimum absolute atomic E-state index is 0.0310. The van der Waals surface area contributed by atoms with E-state index in [0.717, 1.165) is 13.1 Å². The van der Waals surface area contributed by atoms with Crippen LogP contribution in [0, 0.1) is 17.7 Å². The minimum Gasteiger partial charge on any atom is -0.338 e. The van der Waals surface area contributed by atoms with Crippen molar-refractivity contribution in [2.24, 2.45) is 11.8 Å². The first kappa shape index (κ1) is 12.4. The molecule has 2 rings (SSSR count). The maximum atomic E-state index is 13.1. The fraction of sp³-hybridized carbons (Fsp3) is 0.462. The molecular weight excluding hydrogens is 237 g/mol. The first-order valence-corrected chi connectivity index (χ1v) is 6.21. The van der Waals surface area contributed by atoms with Crippen LogP contribution < -0.4 is 0 Å². The molecule has 4 heteroatoms. The number of likely N-dealkylation sites (tertiary alicyclic amines) is 1. The van der Waals surface area contributed by atoms with E-state index in [0.29, 0.717) is 17.4 Å². The quantitative estimate of drug-likeness (QED) is 0.763. The van der Waals surface area contributed by atoms with E-state index in [4.69, 9.17) is 0 Å². The molecule has 0 aliphatic carbocycles. The third kappa shape index (κ3) is 2.46. The van der Waals surface area contributed by atoms with E-state index in [1.807, 2.05) is 4.90 Å². The lowest BCUT2D eigenvalue weighted by Gasteiger charge is -2.16. The Morgan fingerprint density at radius 1 is 1.35 bits per heavy atom. The van der Waals surface area contributed by atoms with Crippen LogP contribution in [0.15, 0.2) is 23.1 Å². The molecule has 0 spiro atoms. The van der Waals surface area contributed by atoms with Crippen LogP contribution in [0.2, 0.25) is 0 Å². The first-order valence-electron chi connectivity index (χ1n) is 5.77. The van der Waals surface area contributed by atoms with Crippen molar-refractivity contribution in [3.8, 4) is 0 Å². The largest absolute Gasteiger partial charge is 0.338 e. The molecule has 0 N–H and O–H groups in total. The Morgan fingerprint density at radius 2 is 1.94 bits per heavy atom. The van der Waals surface area contributed by atoms with Crippen molar-refractivity contribution in [1.29, 1.82) is 0 Å². The summed E-state index contributed by atoms with van der Waals surface area (Å²) in [5, 5.41) is 0. The van der Waals surface area contributed by atoms with Gasteiger partial charge in [0.15, 0.2) is 0 Å². The Balaban J connectivity index is 2.17. The lowest BCUT2D eigenvalue weighted by Crippen LogP contribution is -2.28. The van der Waals surface area contributed by atoms with E-state index in [1.165, 1.54) is 18.2 Å². The average molecular weight is 253 g/mol. The number of nitrogens with zero attached hydrogens (tertiary/aromatic N) is 1. The van der Waals surface area contributed by atoms with Crippen LogP contribution in [0.25, 0.3) is 0 Å². The Bertz CT molecular complexity index is 439. The van der Waals surface area contributed by atoms with Crippen LogP contribution in [0.4, 0.5) is 4.39 Å². The SMILES string of the molecule is CC1CN(C(=O)c2ccc(F)c(S)c2)CC1C. The molecule has 0 aromatic heterocycles. The van der Waals surface area contributed by atoms with Crippen LogP contribution in [0.3, 0.4) is 0 Å². The number of rotatable bonds is 1. The number of amides is 1. The second-order valence-electron chi connectivity index (χ2n) is 4.83. The molecule has 1 aliphatic rings. The first-order chi connectivity index (χ1) is 7.99. The van der Waals surface area contributed by atoms with Crippen LogP contribution in [-0.4, -0.2) is 23.9 Å². The predicted molar refractivity (Wildman–Crippen MR) is 67.9 cm³/mol. The summed E-state index contributed by atoms with van der Waals surface area (Å²) in [4.78, 5) is 14.2. The molecule has 1 aliphatic heterocycles. The third-order valence-corrected chi connectivity index (χ3v) is 3.81. The molecular formula is C13H16FNOS. The number of hydrogen-bond acceptors (Lipinski definition) is 2. The highest BCUT2D eigenvalue weighted by atomic mass is 32.1. The normalized spacial score (nSPS) is 24.1. The summed E-state index contributed by atoms with van der Waals surface area (Å²) in [6.07, 6.45) is 0. The fourth-order valence-electron chi connectivity index (χ4n) is 2.12. The number of benzene rings is 1. The summed E-state index contributed by atoms with van der Waals surface area (Å²) in [6.45, 7) is 5.85. The Morgan fingerprint density at radius 3 is 2.47 bits per heavy atom. The van der Waals surface area contributed by atoms with Gasteiger partial charge < -0.3 is 4.90 Å². The number of carbonyl (C=O) groups excluding carboxylic acids is 1. The second kappa shape index (κ2) is 4.69. The third-order valence-electron chi connectivity index (χ3n) is 3.47. The van der Waals surface area contributed by atoms with Crippen molar-refractivity contribution >= 4 is 18.5 Å². The van der Waals surface area contributed by atoms with Gasteiger partial charge in [-0.15, -0.1) is 12.6 Å². The van der Waals surface area contributed by atoms with E-state index in [9.17, 15) is 9.18 Å². The number of thiol groups is 1. The van der Waals surface area contributed by atoms with Gasteiger partial charge in [0, 0.05) is 23.5 Å². The number of hydrogen-bond donors (Lipinski definition) is 1. The molecule has 1 fully saturated rings. The van der Waals surface area contributed by atoms with Crippen LogP contribution >= 0.6 is 12.6 Å². The van der Waals surface area contributed by atoms with Gasteiger partial charge in [-0.3, -0.25) is 4.79 Å². The van der Waals surface area contributed by atoms with Crippen molar-refractivity contribution in [3.05, 3.63) is 29.6 Å². The van der Waals surface area contributed by atoms with Crippen molar-refractivity contribution in [2.75, 3.05) is 13.1 Å². The topological polar surface area (TPSA) is 20.3 Å². The lowest BCUT2D eigenvalue weighted by molar-refractivity contribution is 0.0784. The molecule has 0 bridgehead atoms. The molecule has 92 valence electrons. The molecule has 1 amide bonds. The summed E-state index contributed by atoms with van der Waals surface area (Å²) >= 11 is 3.99. The van der Waals surface area contributed by atoms with Crippen molar-refractivity contribution in [2.45, 2.75) is 18.7 Å². The average Bonchev–Trinajstić information content (AvgIpc) is 2.62. The van der Waals surface area contributed by atoms with Crippen molar-refractivity contribution in [1.82, 2.24) is 4.90 Å². The molecule has 1 aromatic carbocycles. The van der Waals surface area contributed by atoms with Gasteiger partial charge in [0.1, 0.15) is 5.82 Å². The Labute approximate surface area is 106 Å². The predicted octanol–water partition coefficient (Wildman–Crippen LogP) is 2.84. The van der Waals surface area contributed by atoms with E-state index in [2.05, 4.69) is 26.5 Å². The number of halogens is 1. The van der Waals surface area contributed by atoms with E-state index >= 15 is 0 Å². The van der Waals surface area contributed by atoms with E-state index < -0.39 is 5.82 Å². The van der Waals surface area contributed by atoms with Gasteiger partial charge in [0.25, 0.3) is 5.91 Å². The monoisotopic (exact) mass is 253 g/mol. The van der Waals surface area contributed by atoms with Gasteiger partial charge in [-0.25, -0.2) is 4.39 Å². The van der Waals surface area contributed by atoms with E-state index in [-0.39, 0.29) is 10.8 Å². The molecule has 1 saturated heterocycles. The smallest absolute Gasteiger partial charge is 0.253 e. The van der Waals surface area contributed by atoms with Crippen LogP contribution in [0.1, 0.15) is 24.2 Å². The molecule has 0 radical (unpaired) electrons. The highest BCUT2D eigenvalue weighted by Crippen LogP contribution is 2.24. The van der Waals surface area contributed by atoms with Gasteiger partial charge in [-0.2, -0.15) is 0 Å². The zero-order chi connectivity index (χ0) is 12.6. The highest BCUT2D eigenvalue weighted by molar-refractivity contribution is 7.80. The van der Waals surface area contributed by atoms with Crippen molar-refractivity contribution < 1.29 is 9.18 Å². The van der Waals surface area contributed by atoms with E-state index in [1.54, 1.807) is 0 Å². The van der Waals surface area contributed by atoms with Gasteiger partial charge in [-0.1, -0.05) is 13.8 Å². The standard InChI is InChI=1S/C13H16FNOS/c1-8-6-15(7-9(8)2)13(16)10-3-4-11(14)12(17)5-10/h3-5,8-9,17H,6-7H2,1-2H3. The molecule has 2 nitrogen and oxygen atoms in total.